The summed E-state index contributed by atoms with van der Waals surface area (Å²) in [7, 11) is 0. The molecule has 2 unspecified atom stereocenters. The topological polar surface area (TPSA) is 40.5 Å². The predicted molar refractivity (Wildman–Crippen MR) is 36.9 cm³/mol. The summed E-state index contributed by atoms with van der Waals surface area (Å²) in [4.78, 5) is 0. The molecule has 2 heteroatoms. The Morgan fingerprint density at radius 2 is 1.89 bits per heavy atom. The van der Waals surface area contributed by atoms with E-state index in [9.17, 15) is 0 Å². The largest absolute Gasteiger partial charge is 0.393 e. The average Bonchev–Trinajstić information content (AvgIpc) is 1.83. The van der Waals surface area contributed by atoms with Crippen LogP contribution in [0.3, 0.4) is 0 Å². The van der Waals surface area contributed by atoms with Crippen molar-refractivity contribution in [2.24, 2.45) is 0 Å². The van der Waals surface area contributed by atoms with E-state index in [0.717, 1.165) is 0 Å². The molecule has 1 radical (unpaired) electrons. The summed E-state index contributed by atoms with van der Waals surface area (Å²) in [6, 6.07) is 0. The van der Waals surface area contributed by atoms with Gasteiger partial charge in [0.25, 0.3) is 0 Å². The SMILES string of the molecule is C[CH]C(O)CCC(C)O. The summed E-state index contributed by atoms with van der Waals surface area (Å²) >= 11 is 0. The van der Waals surface area contributed by atoms with Gasteiger partial charge in [-0.15, -0.1) is 0 Å². The normalized spacial score (nSPS) is 17.3. The zero-order chi connectivity index (χ0) is 7.28. The lowest BCUT2D eigenvalue weighted by atomic mass is 10.1. The standard InChI is InChI=1S/C7H15O2/c1-3-7(9)5-4-6(2)8/h3,6-9H,4-5H2,1-2H3. The van der Waals surface area contributed by atoms with E-state index in [1.165, 1.54) is 0 Å². The maximum Gasteiger partial charge on any atom is 0.0570 e. The highest BCUT2D eigenvalue weighted by Crippen LogP contribution is 2.02. The van der Waals surface area contributed by atoms with Gasteiger partial charge in [-0.1, -0.05) is 6.92 Å². The zero-order valence-corrected chi connectivity index (χ0v) is 6.04. The molecule has 2 nitrogen and oxygen atoms in total. The van der Waals surface area contributed by atoms with E-state index >= 15 is 0 Å². The van der Waals surface area contributed by atoms with Gasteiger partial charge in [-0.2, -0.15) is 0 Å². The van der Waals surface area contributed by atoms with Gasteiger partial charge in [-0.25, -0.2) is 0 Å². The maximum absolute atomic E-state index is 8.94. The third-order valence-electron chi connectivity index (χ3n) is 1.26. The van der Waals surface area contributed by atoms with E-state index in [1.54, 1.807) is 13.3 Å². The molecule has 0 rings (SSSR count). The Hall–Kier alpha value is -0.0800. The van der Waals surface area contributed by atoms with Gasteiger partial charge < -0.3 is 10.2 Å². The van der Waals surface area contributed by atoms with Gasteiger partial charge >= 0.3 is 0 Å². The van der Waals surface area contributed by atoms with Crippen LogP contribution in [0.4, 0.5) is 0 Å². The molecule has 2 atom stereocenters. The molecule has 2 N–H and O–H groups in total. The van der Waals surface area contributed by atoms with Crippen LogP contribution in [-0.2, 0) is 0 Å². The van der Waals surface area contributed by atoms with Gasteiger partial charge in [0.05, 0.1) is 12.2 Å². The second kappa shape index (κ2) is 4.77. The first-order chi connectivity index (χ1) is 4.16. The zero-order valence-electron chi connectivity index (χ0n) is 6.04. The first-order valence-corrected chi connectivity index (χ1v) is 3.32. The van der Waals surface area contributed by atoms with Crippen molar-refractivity contribution in [1.82, 2.24) is 0 Å². The molecule has 0 fully saturated rings. The smallest absolute Gasteiger partial charge is 0.0570 e. The number of hydrogen-bond acceptors (Lipinski definition) is 2. The average molecular weight is 131 g/mol. The van der Waals surface area contributed by atoms with E-state index < -0.39 is 0 Å². The van der Waals surface area contributed by atoms with Crippen LogP contribution in [0.1, 0.15) is 26.7 Å². The van der Waals surface area contributed by atoms with Crippen LogP contribution >= 0.6 is 0 Å². The van der Waals surface area contributed by atoms with Crippen LogP contribution < -0.4 is 0 Å². The molecule has 0 aliphatic carbocycles. The molecule has 0 aromatic heterocycles. The fourth-order valence-corrected chi connectivity index (χ4v) is 0.579. The molecule has 9 heavy (non-hydrogen) atoms. The summed E-state index contributed by atoms with van der Waals surface area (Å²) in [5.74, 6) is 0. The summed E-state index contributed by atoms with van der Waals surface area (Å²) < 4.78 is 0. The molecular formula is C7H15O2. The molecule has 0 spiro atoms. The summed E-state index contributed by atoms with van der Waals surface area (Å²) in [5.41, 5.74) is 0. The summed E-state index contributed by atoms with van der Waals surface area (Å²) in [5, 5.41) is 17.7. The lowest BCUT2D eigenvalue weighted by Crippen LogP contribution is -2.09. The number of aliphatic hydroxyl groups is 2. The number of hydrogen-bond donors (Lipinski definition) is 2. The van der Waals surface area contributed by atoms with Crippen LogP contribution in [0.5, 0.6) is 0 Å². The molecule has 0 amide bonds. The minimum absolute atomic E-state index is 0.292. The Morgan fingerprint density at radius 1 is 1.33 bits per heavy atom. The first kappa shape index (κ1) is 8.92. The second-order valence-electron chi connectivity index (χ2n) is 2.33. The molecule has 55 valence electrons. The third kappa shape index (κ3) is 5.80. The maximum atomic E-state index is 8.94. The van der Waals surface area contributed by atoms with Gasteiger partial charge in [-0.05, 0) is 26.2 Å². The van der Waals surface area contributed by atoms with E-state index in [0.29, 0.717) is 12.8 Å². The molecule has 0 heterocycles. The van der Waals surface area contributed by atoms with E-state index in [4.69, 9.17) is 10.2 Å². The molecule has 0 aliphatic heterocycles. The predicted octanol–water partition coefficient (Wildman–Crippen LogP) is 0.732. The van der Waals surface area contributed by atoms with Crippen LogP contribution in [0, 0.1) is 6.42 Å². The minimum atomic E-state index is -0.348. The fourth-order valence-electron chi connectivity index (χ4n) is 0.579. The highest BCUT2D eigenvalue weighted by Gasteiger charge is 2.02. The quantitative estimate of drug-likeness (QED) is 0.590. The Bertz CT molecular complexity index is 61.9. The molecule has 0 aliphatic rings. The highest BCUT2D eigenvalue weighted by atomic mass is 16.3. The highest BCUT2D eigenvalue weighted by molar-refractivity contribution is 4.69. The molecular weight excluding hydrogens is 116 g/mol. The van der Waals surface area contributed by atoms with Crippen LogP contribution in [-0.4, -0.2) is 22.4 Å². The Morgan fingerprint density at radius 3 is 2.22 bits per heavy atom. The molecule has 0 aromatic rings. The van der Waals surface area contributed by atoms with Gasteiger partial charge in [0.15, 0.2) is 0 Å². The molecule has 0 saturated heterocycles. The Balaban J connectivity index is 3.06. The number of rotatable bonds is 4. The van der Waals surface area contributed by atoms with Crippen molar-refractivity contribution in [3.63, 3.8) is 0 Å². The molecule has 0 saturated carbocycles. The van der Waals surface area contributed by atoms with Gasteiger partial charge in [-0.3, -0.25) is 0 Å². The van der Waals surface area contributed by atoms with Crippen LogP contribution in [0.2, 0.25) is 0 Å². The summed E-state index contributed by atoms with van der Waals surface area (Å²) in [6.45, 7) is 3.54. The lowest BCUT2D eigenvalue weighted by Gasteiger charge is -2.07. The third-order valence-corrected chi connectivity index (χ3v) is 1.26. The second-order valence-corrected chi connectivity index (χ2v) is 2.33. The van der Waals surface area contributed by atoms with Crippen LogP contribution in [0.15, 0.2) is 0 Å². The van der Waals surface area contributed by atoms with Gasteiger partial charge in [0, 0.05) is 0 Å². The van der Waals surface area contributed by atoms with Crippen molar-refractivity contribution in [3.05, 3.63) is 6.42 Å². The van der Waals surface area contributed by atoms with Crippen molar-refractivity contribution in [1.29, 1.82) is 0 Å². The van der Waals surface area contributed by atoms with Crippen molar-refractivity contribution in [2.45, 2.75) is 38.9 Å². The monoisotopic (exact) mass is 131 g/mol. The molecule has 0 bridgehead atoms. The lowest BCUT2D eigenvalue weighted by molar-refractivity contribution is 0.139. The first-order valence-electron chi connectivity index (χ1n) is 3.32. The summed E-state index contributed by atoms with van der Waals surface area (Å²) in [6.07, 6.45) is 2.42. The van der Waals surface area contributed by atoms with Crippen molar-refractivity contribution >= 4 is 0 Å². The molecule has 0 aromatic carbocycles. The van der Waals surface area contributed by atoms with Crippen LogP contribution in [0.25, 0.3) is 0 Å². The van der Waals surface area contributed by atoms with Crippen molar-refractivity contribution < 1.29 is 10.2 Å². The Kier molecular flexibility index (Phi) is 4.72. The number of aliphatic hydroxyl groups excluding tert-OH is 2. The van der Waals surface area contributed by atoms with E-state index in [1.807, 2.05) is 6.92 Å². The van der Waals surface area contributed by atoms with E-state index in [2.05, 4.69) is 0 Å². The van der Waals surface area contributed by atoms with E-state index in [-0.39, 0.29) is 12.2 Å². The minimum Gasteiger partial charge on any atom is -0.393 e. The fraction of sp³-hybridized carbons (Fsp3) is 0.857. The van der Waals surface area contributed by atoms with Crippen molar-refractivity contribution in [2.75, 3.05) is 0 Å². The van der Waals surface area contributed by atoms with Crippen molar-refractivity contribution in [3.8, 4) is 0 Å². The van der Waals surface area contributed by atoms with Gasteiger partial charge in [0.1, 0.15) is 0 Å². The van der Waals surface area contributed by atoms with Gasteiger partial charge in [0.2, 0.25) is 0 Å². The Labute approximate surface area is 56.5 Å².